The number of benzene rings is 1. The molecule has 0 unspecified atom stereocenters. The van der Waals surface area contributed by atoms with E-state index in [4.69, 9.17) is 9.47 Å². The molecule has 1 aromatic carbocycles. The number of aliphatic hydroxyl groups is 1. The highest BCUT2D eigenvalue weighted by Crippen LogP contribution is 2.29. The van der Waals surface area contributed by atoms with E-state index >= 15 is 0 Å². The van der Waals surface area contributed by atoms with Crippen LogP contribution in [0.15, 0.2) is 18.2 Å². The smallest absolute Gasteiger partial charge is 0.257 e. The fourth-order valence-electron chi connectivity index (χ4n) is 1.89. The predicted molar refractivity (Wildman–Crippen MR) is 74.9 cm³/mol. The molecule has 1 aromatic rings. The van der Waals surface area contributed by atoms with Crippen molar-refractivity contribution in [2.45, 2.75) is 25.9 Å². The molecular weight excluding hydrogens is 258 g/mol. The van der Waals surface area contributed by atoms with Crippen LogP contribution in [0.25, 0.3) is 0 Å². The lowest BCUT2D eigenvalue weighted by Gasteiger charge is -2.14. The Balaban J connectivity index is 1.93. The van der Waals surface area contributed by atoms with Gasteiger partial charge in [-0.2, -0.15) is 0 Å². The zero-order chi connectivity index (χ0) is 14.5. The number of rotatable bonds is 7. The number of nitrogens with one attached hydrogen (secondary N) is 1. The second kappa shape index (κ2) is 6.61. The van der Waals surface area contributed by atoms with E-state index in [-0.39, 0.29) is 12.5 Å². The van der Waals surface area contributed by atoms with Crippen molar-refractivity contribution in [3.63, 3.8) is 0 Å². The molecule has 1 saturated carbocycles. The van der Waals surface area contributed by atoms with E-state index in [9.17, 15) is 9.90 Å². The number of ether oxygens (including phenoxy) is 2. The lowest BCUT2D eigenvalue weighted by Crippen LogP contribution is -2.30. The van der Waals surface area contributed by atoms with Gasteiger partial charge in [-0.15, -0.1) is 0 Å². The van der Waals surface area contributed by atoms with Crippen molar-refractivity contribution in [1.29, 1.82) is 0 Å². The van der Waals surface area contributed by atoms with E-state index in [2.05, 4.69) is 5.32 Å². The van der Waals surface area contributed by atoms with Crippen LogP contribution in [0.1, 0.15) is 31.4 Å². The van der Waals surface area contributed by atoms with Gasteiger partial charge in [0.15, 0.2) is 6.61 Å². The first-order valence-electron chi connectivity index (χ1n) is 6.85. The summed E-state index contributed by atoms with van der Waals surface area (Å²) in [5.41, 5.74) is 0.640. The number of aliphatic hydroxyl groups excluding tert-OH is 1. The molecule has 1 aliphatic carbocycles. The first kappa shape index (κ1) is 14.7. The van der Waals surface area contributed by atoms with Crippen molar-refractivity contribution >= 4 is 5.91 Å². The summed E-state index contributed by atoms with van der Waals surface area (Å²) in [5.74, 6) is 1.60. The molecule has 2 rings (SSSR count). The monoisotopic (exact) mass is 279 g/mol. The molecule has 0 bridgehead atoms. The van der Waals surface area contributed by atoms with Crippen molar-refractivity contribution in [2.24, 2.45) is 5.92 Å². The van der Waals surface area contributed by atoms with Gasteiger partial charge in [-0.3, -0.25) is 4.79 Å². The molecule has 1 aliphatic rings. The maximum atomic E-state index is 11.7. The fraction of sp³-hybridized carbons (Fsp3) is 0.533. The van der Waals surface area contributed by atoms with Crippen molar-refractivity contribution < 1.29 is 19.4 Å². The Hall–Kier alpha value is -1.75. The first-order chi connectivity index (χ1) is 9.60. The van der Waals surface area contributed by atoms with Gasteiger partial charge >= 0.3 is 0 Å². The van der Waals surface area contributed by atoms with Gasteiger partial charge in [-0.25, -0.2) is 0 Å². The van der Waals surface area contributed by atoms with Crippen LogP contribution in [0.3, 0.4) is 0 Å². The summed E-state index contributed by atoms with van der Waals surface area (Å²) in [5, 5.41) is 12.5. The molecule has 5 heteroatoms. The Kier molecular flexibility index (Phi) is 4.84. The van der Waals surface area contributed by atoms with Crippen LogP contribution in [0.4, 0.5) is 0 Å². The molecule has 0 heterocycles. The van der Waals surface area contributed by atoms with Crippen molar-refractivity contribution in [2.75, 3.05) is 20.3 Å². The van der Waals surface area contributed by atoms with E-state index in [1.807, 2.05) is 0 Å². The summed E-state index contributed by atoms with van der Waals surface area (Å²) in [7, 11) is 1.56. The Morgan fingerprint density at radius 3 is 2.85 bits per heavy atom. The quantitative estimate of drug-likeness (QED) is 0.796. The normalized spacial score (nSPS) is 15.6. The van der Waals surface area contributed by atoms with Gasteiger partial charge in [-0.1, -0.05) is 0 Å². The Labute approximate surface area is 118 Å². The highest BCUT2D eigenvalue weighted by Gasteiger charge is 2.21. The SMILES string of the molecule is COc1ccc([C@H](C)O)c(OCC(=O)NCC2CC2)c1. The topological polar surface area (TPSA) is 67.8 Å². The number of carbonyl (C=O) groups is 1. The summed E-state index contributed by atoms with van der Waals surface area (Å²) in [4.78, 5) is 11.7. The first-order valence-corrected chi connectivity index (χ1v) is 6.85. The second-order valence-corrected chi connectivity index (χ2v) is 5.12. The minimum absolute atomic E-state index is 0.0559. The summed E-state index contributed by atoms with van der Waals surface area (Å²) >= 11 is 0. The van der Waals surface area contributed by atoms with Gasteiger partial charge in [0.25, 0.3) is 5.91 Å². The standard InChI is InChI=1S/C15H21NO4/c1-10(17)13-6-5-12(19-2)7-14(13)20-9-15(18)16-8-11-3-4-11/h5-7,10-11,17H,3-4,8-9H2,1-2H3,(H,16,18)/t10-/m0/s1. The summed E-state index contributed by atoms with van der Waals surface area (Å²) in [6, 6.07) is 5.17. The van der Waals surface area contributed by atoms with Crippen LogP contribution in [-0.4, -0.2) is 31.3 Å². The van der Waals surface area contributed by atoms with Crippen molar-refractivity contribution in [3.05, 3.63) is 23.8 Å². The number of carbonyl (C=O) groups excluding carboxylic acids is 1. The lowest BCUT2D eigenvalue weighted by atomic mass is 10.1. The molecule has 20 heavy (non-hydrogen) atoms. The molecule has 5 nitrogen and oxygen atoms in total. The van der Waals surface area contributed by atoms with Gasteiger partial charge in [-0.05, 0) is 37.8 Å². The largest absolute Gasteiger partial charge is 0.497 e. The van der Waals surface area contributed by atoms with Crippen LogP contribution in [0.5, 0.6) is 11.5 Å². The van der Waals surface area contributed by atoms with Crippen LogP contribution in [0.2, 0.25) is 0 Å². The zero-order valence-electron chi connectivity index (χ0n) is 11.9. The number of amides is 1. The molecule has 0 saturated heterocycles. The average Bonchev–Trinajstić information content (AvgIpc) is 3.26. The number of hydrogen-bond donors (Lipinski definition) is 2. The number of methoxy groups -OCH3 is 1. The summed E-state index contributed by atoms with van der Waals surface area (Å²) in [6.07, 6.45) is 1.73. The molecule has 0 spiro atoms. The van der Waals surface area contributed by atoms with Gasteiger partial charge in [0, 0.05) is 18.2 Å². The van der Waals surface area contributed by atoms with E-state index in [1.165, 1.54) is 12.8 Å². The van der Waals surface area contributed by atoms with Gasteiger partial charge in [0.05, 0.1) is 13.2 Å². The molecule has 0 radical (unpaired) electrons. The molecule has 1 amide bonds. The minimum Gasteiger partial charge on any atom is -0.497 e. The summed E-state index contributed by atoms with van der Waals surface area (Å²) < 4.78 is 10.6. The van der Waals surface area contributed by atoms with Crippen molar-refractivity contribution in [1.82, 2.24) is 5.32 Å². The Morgan fingerprint density at radius 2 is 2.25 bits per heavy atom. The molecule has 0 aromatic heterocycles. The molecule has 1 atom stereocenters. The van der Waals surface area contributed by atoms with E-state index in [0.29, 0.717) is 23.0 Å². The highest BCUT2D eigenvalue weighted by molar-refractivity contribution is 5.77. The third-order valence-electron chi connectivity index (χ3n) is 3.31. The third-order valence-corrected chi connectivity index (χ3v) is 3.31. The molecule has 110 valence electrons. The van der Waals surface area contributed by atoms with Crippen molar-refractivity contribution in [3.8, 4) is 11.5 Å². The molecule has 1 fully saturated rings. The molecule has 2 N–H and O–H groups in total. The van der Waals surface area contributed by atoms with E-state index in [1.54, 1.807) is 32.2 Å². The Morgan fingerprint density at radius 1 is 1.50 bits per heavy atom. The highest BCUT2D eigenvalue weighted by atomic mass is 16.5. The van der Waals surface area contributed by atoms with E-state index in [0.717, 1.165) is 6.54 Å². The predicted octanol–water partition coefficient (Wildman–Crippen LogP) is 1.65. The van der Waals surface area contributed by atoms with Crippen LogP contribution >= 0.6 is 0 Å². The van der Waals surface area contributed by atoms with Gasteiger partial charge in [0.2, 0.25) is 0 Å². The maximum Gasteiger partial charge on any atom is 0.257 e. The fourth-order valence-corrected chi connectivity index (χ4v) is 1.89. The Bertz CT molecular complexity index is 469. The van der Waals surface area contributed by atoms with Crippen LogP contribution in [0, 0.1) is 5.92 Å². The lowest BCUT2D eigenvalue weighted by molar-refractivity contribution is -0.123. The van der Waals surface area contributed by atoms with Gasteiger partial charge < -0.3 is 19.9 Å². The third kappa shape index (κ3) is 4.13. The minimum atomic E-state index is -0.662. The van der Waals surface area contributed by atoms with Gasteiger partial charge in [0.1, 0.15) is 11.5 Å². The van der Waals surface area contributed by atoms with Crippen LogP contribution in [-0.2, 0) is 4.79 Å². The zero-order valence-corrected chi connectivity index (χ0v) is 11.9. The number of hydrogen-bond acceptors (Lipinski definition) is 4. The summed E-state index contributed by atoms with van der Waals surface area (Å²) in [6.45, 7) is 2.32. The van der Waals surface area contributed by atoms with E-state index < -0.39 is 6.10 Å². The average molecular weight is 279 g/mol. The molecule has 0 aliphatic heterocycles. The van der Waals surface area contributed by atoms with Crippen LogP contribution < -0.4 is 14.8 Å². The second-order valence-electron chi connectivity index (χ2n) is 5.12. The maximum absolute atomic E-state index is 11.7. The molecular formula is C15H21NO4.